The SMILES string of the molecule is CCc1c2n(c3ncc(C(F)(F)F)cc13)CCNC2. The largest absolute Gasteiger partial charge is 0.417 e. The van der Waals surface area contributed by atoms with Crippen molar-refractivity contribution in [3.8, 4) is 0 Å². The zero-order chi connectivity index (χ0) is 13.6. The second-order valence-corrected chi connectivity index (χ2v) is 4.70. The number of alkyl halides is 3. The third kappa shape index (κ3) is 1.90. The van der Waals surface area contributed by atoms with Crippen molar-refractivity contribution in [2.75, 3.05) is 6.54 Å². The van der Waals surface area contributed by atoms with Gasteiger partial charge in [0.15, 0.2) is 0 Å². The molecule has 0 atom stereocenters. The van der Waals surface area contributed by atoms with E-state index in [4.69, 9.17) is 0 Å². The summed E-state index contributed by atoms with van der Waals surface area (Å²) in [7, 11) is 0. The Bertz CT molecular complexity index is 628. The van der Waals surface area contributed by atoms with Gasteiger partial charge in [-0.2, -0.15) is 13.2 Å². The second kappa shape index (κ2) is 4.23. The minimum atomic E-state index is -4.34. The van der Waals surface area contributed by atoms with Gasteiger partial charge < -0.3 is 9.88 Å². The molecule has 19 heavy (non-hydrogen) atoms. The van der Waals surface area contributed by atoms with Crippen molar-refractivity contribution in [3.63, 3.8) is 0 Å². The standard InChI is InChI=1S/C13H14F3N3/c1-2-9-10-5-8(13(14,15)16)6-18-12(10)19-4-3-17-7-11(9)19/h5-6,17H,2-4,7H2,1H3. The molecule has 0 bridgehead atoms. The molecular weight excluding hydrogens is 255 g/mol. The molecule has 3 heterocycles. The van der Waals surface area contributed by atoms with Crippen LogP contribution in [0.15, 0.2) is 12.3 Å². The van der Waals surface area contributed by atoms with Crippen molar-refractivity contribution >= 4 is 11.0 Å². The highest BCUT2D eigenvalue weighted by atomic mass is 19.4. The Hall–Kier alpha value is -1.56. The zero-order valence-electron chi connectivity index (χ0n) is 10.5. The smallest absolute Gasteiger partial charge is 0.327 e. The van der Waals surface area contributed by atoms with Crippen molar-refractivity contribution in [2.45, 2.75) is 32.6 Å². The summed E-state index contributed by atoms with van der Waals surface area (Å²) in [6.45, 7) is 4.23. The van der Waals surface area contributed by atoms with Crippen LogP contribution in [0.3, 0.4) is 0 Å². The average molecular weight is 269 g/mol. The molecule has 0 fully saturated rings. The quantitative estimate of drug-likeness (QED) is 0.862. The van der Waals surface area contributed by atoms with E-state index in [2.05, 4.69) is 10.3 Å². The molecular formula is C13H14F3N3. The Morgan fingerprint density at radius 2 is 2.21 bits per heavy atom. The predicted molar refractivity (Wildman–Crippen MR) is 65.8 cm³/mol. The minimum Gasteiger partial charge on any atom is -0.327 e. The number of pyridine rings is 1. The van der Waals surface area contributed by atoms with Crippen molar-refractivity contribution in [1.82, 2.24) is 14.9 Å². The summed E-state index contributed by atoms with van der Waals surface area (Å²) in [5.41, 5.74) is 2.03. The molecule has 2 aromatic heterocycles. The van der Waals surface area contributed by atoms with Crippen LogP contribution in [0, 0.1) is 0 Å². The molecule has 6 heteroatoms. The van der Waals surface area contributed by atoms with Crippen LogP contribution in [0.25, 0.3) is 11.0 Å². The van der Waals surface area contributed by atoms with E-state index < -0.39 is 11.7 Å². The molecule has 1 aliphatic rings. The highest BCUT2D eigenvalue weighted by Gasteiger charge is 2.32. The van der Waals surface area contributed by atoms with Crippen molar-refractivity contribution in [1.29, 1.82) is 0 Å². The van der Waals surface area contributed by atoms with E-state index in [0.29, 0.717) is 24.0 Å². The summed E-state index contributed by atoms with van der Waals surface area (Å²) in [5.74, 6) is 0. The number of hydrogen-bond donors (Lipinski definition) is 1. The van der Waals surface area contributed by atoms with E-state index in [0.717, 1.165) is 30.5 Å². The third-order valence-electron chi connectivity index (χ3n) is 3.61. The molecule has 0 spiro atoms. The molecule has 1 aliphatic heterocycles. The molecule has 0 radical (unpaired) electrons. The van der Waals surface area contributed by atoms with Crippen LogP contribution in [-0.2, 0) is 25.7 Å². The average Bonchev–Trinajstić information content (AvgIpc) is 2.70. The number of halogens is 3. The number of aryl methyl sites for hydroxylation is 1. The second-order valence-electron chi connectivity index (χ2n) is 4.70. The van der Waals surface area contributed by atoms with Gasteiger partial charge in [0.05, 0.1) is 5.56 Å². The lowest BCUT2D eigenvalue weighted by atomic mass is 10.1. The number of aromatic nitrogens is 2. The van der Waals surface area contributed by atoms with Crippen LogP contribution >= 0.6 is 0 Å². The monoisotopic (exact) mass is 269 g/mol. The van der Waals surface area contributed by atoms with Gasteiger partial charge in [0.25, 0.3) is 0 Å². The fraction of sp³-hybridized carbons (Fsp3) is 0.462. The predicted octanol–water partition coefficient (Wildman–Crippen LogP) is 2.72. The van der Waals surface area contributed by atoms with Crippen molar-refractivity contribution in [3.05, 3.63) is 29.1 Å². The number of nitrogens with one attached hydrogen (secondary N) is 1. The van der Waals surface area contributed by atoms with Crippen LogP contribution in [-0.4, -0.2) is 16.1 Å². The Labute approximate surface area is 108 Å². The fourth-order valence-electron chi connectivity index (χ4n) is 2.73. The molecule has 3 nitrogen and oxygen atoms in total. The molecule has 1 N–H and O–H groups in total. The number of nitrogens with zero attached hydrogens (tertiary/aromatic N) is 2. The highest BCUT2D eigenvalue weighted by Crippen LogP contribution is 2.33. The molecule has 102 valence electrons. The topological polar surface area (TPSA) is 29.9 Å². The molecule has 0 aromatic carbocycles. The summed E-state index contributed by atoms with van der Waals surface area (Å²) >= 11 is 0. The van der Waals surface area contributed by atoms with Gasteiger partial charge in [-0.05, 0) is 18.1 Å². The van der Waals surface area contributed by atoms with E-state index in [9.17, 15) is 13.2 Å². The number of fused-ring (bicyclic) bond motifs is 3. The lowest BCUT2D eigenvalue weighted by molar-refractivity contribution is -0.137. The van der Waals surface area contributed by atoms with Crippen LogP contribution in [0.1, 0.15) is 23.7 Å². The minimum absolute atomic E-state index is 0.635. The Morgan fingerprint density at radius 1 is 1.42 bits per heavy atom. The van der Waals surface area contributed by atoms with Crippen LogP contribution in [0.4, 0.5) is 13.2 Å². The summed E-state index contributed by atoms with van der Waals surface area (Å²) < 4.78 is 40.4. The molecule has 2 aromatic rings. The number of hydrogen-bond acceptors (Lipinski definition) is 2. The van der Waals surface area contributed by atoms with Crippen molar-refractivity contribution in [2.24, 2.45) is 0 Å². The lowest BCUT2D eigenvalue weighted by Gasteiger charge is -2.17. The molecule has 0 saturated carbocycles. The maximum absolute atomic E-state index is 12.8. The van der Waals surface area contributed by atoms with Gasteiger partial charge in [-0.1, -0.05) is 6.92 Å². The van der Waals surface area contributed by atoms with Gasteiger partial charge >= 0.3 is 6.18 Å². The van der Waals surface area contributed by atoms with E-state index in [1.807, 2.05) is 11.5 Å². The lowest BCUT2D eigenvalue weighted by Crippen LogP contribution is -2.28. The van der Waals surface area contributed by atoms with Gasteiger partial charge in [-0.15, -0.1) is 0 Å². The van der Waals surface area contributed by atoms with E-state index >= 15 is 0 Å². The Kier molecular flexibility index (Phi) is 2.78. The first kappa shape index (κ1) is 12.5. The van der Waals surface area contributed by atoms with Gasteiger partial charge in [-0.25, -0.2) is 4.98 Å². The van der Waals surface area contributed by atoms with Gasteiger partial charge in [0.2, 0.25) is 0 Å². The number of rotatable bonds is 1. The Morgan fingerprint density at radius 3 is 2.89 bits per heavy atom. The van der Waals surface area contributed by atoms with E-state index in [1.165, 1.54) is 6.07 Å². The first-order valence-electron chi connectivity index (χ1n) is 6.30. The van der Waals surface area contributed by atoms with Gasteiger partial charge in [0, 0.05) is 36.9 Å². The summed E-state index contributed by atoms with van der Waals surface area (Å²) in [4.78, 5) is 4.04. The Balaban J connectivity index is 2.28. The normalized spacial score (nSPS) is 15.8. The zero-order valence-corrected chi connectivity index (χ0v) is 10.5. The summed E-state index contributed by atoms with van der Waals surface area (Å²) in [6.07, 6.45) is -2.70. The van der Waals surface area contributed by atoms with Crippen molar-refractivity contribution < 1.29 is 13.2 Å². The molecule has 3 rings (SSSR count). The molecule has 0 amide bonds. The fourth-order valence-corrected chi connectivity index (χ4v) is 2.73. The van der Waals surface area contributed by atoms with Gasteiger partial charge in [-0.3, -0.25) is 0 Å². The molecule has 0 unspecified atom stereocenters. The molecule has 0 aliphatic carbocycles. The molecule has 0 saturated heterocycles. The van der Waals surface area contributed by atoms with Gasteiger partial charge in [0.1, 0.15) is 5.65 Å². The van der Waals surface area contributed by atoms with E-state index in [-0.39, 0.29) is 0 Å². The van der Waals surface area contributed by atoms with Crippen LogP contribution < -0.4 is 5.32 Å². The first-order chi connectivity index (χ1) is 9.02. The van der Waals surface area contributed by atoms with Crippen LogP contribution in [0.5, 0.6) is 0 Å². The highest BCUT2D eigenvalue weighted by molar-refractivity contribution is 5.83. The first-order valence-corrected chi connectivity index (χ1v) is 6.30. The summed E-state index contributed by atoms with van der Waals surface area (Å²) in [6, 6.07) is 1.23. The van der Waals surface area contributed by atoms with Crippen LogP contribution in [0.2, 0.25) is 0 Å². The summed E-state index contributed by atoms with van der Waals surface area (Å²) in [5, 5.41) is 3.89. The maximum Gasteiger partial charge on any atom is 0.417 e. The maximum atomic E-state index is 12.8. The van der Waals surface area contributed by atoms with E-state index in [1.54, 1.807) is 0 Å². The third-order valence-corrected chi connectivity index (χ3v) is 3.61.